The van der Waals surface area contributed by atoms with Crippen LogP contribution in [-0.2, 0) is 66.1 Å². The lowest BCUT2D eigenvalue weighted by atomic mass is 9.96. The van der Waals surface area contributed by atoms with Crippen LogP contribution in [0.4, 0.5) is 0 Å². The van der Waals surface area contributed by atoms with E-state index in [1.807, 2.05) is 0 Å². The molecule has 1 aliphatic rings. The van der Waals surface area contributed by atoms with Gasteiger partial charge in [0.1, 0.15) is 43.0 Å². The van der Waals surface area contributed by atoms with Gasteiger partial charge in [-0.15, -0.1) is 0 Å². The molecule has 2 unspecified atom stereocenters. The van der Waals surface area contributed by atoms with Crippen molar-refractivity contribution in [3.05, 3.63) is 0 Å². The molecule has 0 aliphatic carbocycles. The standard InChI is InChI=1S/C59H111N6O18P/c1-7-9-11-13-15-17-19-21-23-25-27-29-31-33-51(69)78-41-47(82-52(70)34-32-30-28-26-24-22-20-18-16-14-12-10-8-2)42-80-84(76,77)79-38-37-62-58(74)45(5)65(50(68)36-35-48(56(61)72)64-57(73)44(4)60)39-43(3)81-55-53(63-46(6)67)59(75)83-49(40-66)54(55)71/h43-45,47-49,53-55,59,66,71,75H,7-42,60H2,1-6H3,(H2,61,72)(H,62,74)(H,63,67)(H,64,73)(H,76,77)/t43?,44-,45-,47+,48+,49+,53+,54+,55+,59-/m0/s1. The predicted octanol–water partition coefficient (Wildman–Crippen LogP) is 6.32. The summed E-state index contributed by atoms with van der Waals surface area (Å²) in [6, 6.07) is -4.98. The van der Waals surface area contributed by atoms with Crippen molar-refractivity contribution in [2.45, 2.75) is 295 Å². The van der Waals surface area contributed by atoms with Gasteiger partial charge in [0.05, 0.1) is 32.0 Å². The summed E-state index contributed by atoms with van der Waals surface area (Å²) in [5.74, 6) is -4.88. The molecule has 0 bridgehead atoms. The highest BCUT2D eigenvalue weighted by Gasteiger charge is 2.47. The van der Waals surface area contributed by atoms with E-state index in [-0.39, 0.29) is 32.4 Å². The summed E-state index contributed by atoms with van der Waals surface area (Å²) in [6.07, 6.45) is 20.9. The first-order valence-corrected chi connectivity index (χ1v) is 33.0. The van der Waals surface area contributed by atoms with E-state index in [4.69, 9.17) is 39.5 Å². The molecule has 0 aromatic carbocycles. The van der Waals surface area contributed by atoms with Gasteiger partial charge in [-0.3, -0.25) is 42.6 Å². The molecule has 0 saturated carbocycles. The maximum absolute atomic E-state index is 14.0. The number of nitrogens with zero attached hydrogens (tertiary/aromatic N) is 1. The minimum atomic E-state index is -4.89. The lowest BCUT2D eigenvalue weighted by Gasteiger charge is -2.44. The molecule has 5 amide bonds. The van der Waals surface area contributed by atoms with E-state index < -0.39 is 143 Å². The fourth-order valence-corrected chi connectivity index (χ4v) is 10.5. The number of esters is 2. The molecule has 490 valence electrons. The number of phosphoric acid groups is 1. The Labute approximate surface area is 501 Å². The second kappa shape index (κ2) is 47.3. The van der Waals surface area contributed by atoms with Crippen LogP contribution in [0.1, 0.15) is 234 Å². The largest absolute Gasteiger partial charge is 0.472 e. The molecule has 0 radical (unpaired) electrons. The first-order chi connectivity index (χ1) is 40.1. The number of amides is 5. The van der Waals surface area contributed by atoms with E-state index in [2.05, 4.69) is 29.8 Å². The lowest BCUT2D eigenvalue weighted by Crippen LogP contribution is -2.65. The number of aliphatic hydroxyl groups excluding tert-OH is 3. The number of carbonyl (C=O) groups is 7. The van der Waals surface area contributed by atoms with Crippen LogP contribution in [0.3, 0.4) is 0 Å². The number of aliphatic hydroxyl groups is 3. The van der Waals surface area contributed by atoms with E-state index >= 15 is 0 Å². The summed E-state index contributed by atoms with van der Waals surface area (Å²) in [6.45, 7) is 6.63. The van der Waals surface area contributed by atoms with Crippen molar-refractivity contribution < 1.29 is 86.3 Å². The van der Waals surface area contributed by atoms with Gasteiger partial charge < -0.3 is 71.5 Å². The van der Waals surface area contributed by atoms with Crippen molar-refractivity contribution in [3.8, 4) is 0 Å². The second-order valence-corrected chi connectivity index (χ2v) is 24.0. The minimum Gasteiger partial charge on any atom is -0.462 e. The van der Waals surface area contributed by atoms with E-state index in [0.29, 0.717) is 12.8 Å². The predicted molar refractivity (Wildman–Crippen MR) is 317 cm³/mol. The molecule has 1 heterocycles. The van der Waals surface area contributed by atoms with Crippen molar-refractivity contribution in [3.63, 3.8) is 0 Å². The molecule has 1 aliphatic heterocycles. The Bertz CT molecular complexity index is 1890. The van der Waals surface area contributed by atoms with Gasteiger partial charge in [-0.2, -0.15) is 0 Å². The summed E-state index contributed by atoms with van der Waals surface area (Å²) in [4.78, 5) is 102. The number of rotatable bonds is 52. The third kappa shape index (κ3) is 37.0. The van der Waals surface area contributed by atoms with Crippen LogP contribution in [0.25, 0.3) is 0 Å². The first kappa shape index (κ1) is 78.2. The van der Waals surface area contributed by atoms with Crippen LogP contribution in [0.5, 0.6) is 0 Å². The average molecular weight is 1220 g/mol. The van der Waals surface area contributed by atoms with Crippen LogP contribution in [0.2, 0.25) is 0 Å². The van der Waals surface area contributed by atoms with E-state index in [9.17, 15) is 58.3 Å². The van der Waals surface area contributed by atoms with Crippen molar-refractivity contribution in [1.82, 2.24) is 20.9 Å². The van der Waals surface area contributed by atoms with Crippen molar-refractivity contribution >= 4 is 49.3 Å². The molecule has 0 aromatic heterocycles. The van der Waals surface area contributed by atoms with Gasteiger partial charge in [-0.05, 0) is 40.0 Å². The molecule has 1 rings (SSSR count). The Morgan fingerprint density at radius 1 is 0.679 bits per heavy atom. The van der Waals surface area contributed by atoms with Gasteiger partial charge in [0, 0.05) is 39.3 Å². The zero-order valence-corrected chi connectivity index (χ0v) is 52.7. The van der Waals surface area contributed by atoms with Crippen molar-refractivity contribution in [2.75, 3.05) is 39.5 Å². The topological polar surface area (TPSA) is 364 Å². The Kier molecular flexibility index (Phi) is 44.0. The van der Waals surface area contributed by atoms with E-state index in [1.54, 1.807) is 0 Å². The third-order valence-corrected chi connectivity index (χ3v) is 15.7. The number of phosphoric ester groups is 1. The smallest absolute Gasteiger partial charge is 0.462 e. The molecular formula is C59H111N6O18P. The molecule has 0 spiro atoms. The van der Waals surface area contributed by atoms with Crippen LogP contribution in [0, 0.1) is 0 Å². The molecule has 1 saturated heterocycles. The van der Waals surface area contributed by atoms with Crippen molar-refractivity contribution in [2.24, 2.45) is 11.5 Å². The number of ether oxygens (including phenoxy) is 4. The Morgan fingerprint density at radius 3 is 1.63 bits per heavy atom. The number of unbranched alkanes of at least 4 members (excludes halogenated alkanes) is 24. The van der Waals surface area contributed by atoms with Gasteiger partial charge >= 0.3 is 19.8 Å². The summed E-state index contributed by atoms with van der Waals surface area (Å²) in [5.41, 5.74) is 11.1. The summed E-state index contributed by atoms with van der Waals surface area (Å²) >= 11 is 0. The summed E-state index contributed by atoms with van der Waals surface area (Å²) < 4.78 is 45.9. The Balaban J connectivity index is 2.97. The van der Waals surface area contributed by atoms with Crippen LogP contribution < -0.4 is 27.4 Å². The zero-order chi connectivity index (χ0) is 62.7. The fourth-order valence-electron chi connectivity index (χ4n) is 9.73. The first-order valence-electron chi connectivity index (χ1n) is 31.5. The Hall–Kier alpha value is -3.84. The monoisotopic (exact) mass is 1220 g/mol. The molecule has 0 aromatic rings. The molecule has 1 fully saturated rings. The number of primary amides is 1. The van der Waals surface area contributed by atoms with Gasteiger partial charge in [0.2, 0.25) is 29.5 Å². The molecule has 11 atom stereocenters. The van der Waals surface area contributed by atoms with E-state index in [0.717, 1.165) is 63.2 Å². The van der Waals surface area contributed by atoms with Gasteiger partial charge in [0.15, 0.2) is 12.4 Å². The maximum atomic E-state index is 14.0. The normalized spacial score (nSPS) is 19.4. The number of hydrogen-bond acceptors (Lipinski definition) is 18. The molecule has 11 N–H and O–H groups in total. The maximum Gasteiger partial charge on any atom is 0.472 e. The van der Waals surface area contributed by atoms with Gasteiger partial charge in [-0.1, -0.05) is 168 Å². The molecule has 25 heteroatoms. The quantitative estimate of drug-likeness (QED) is 0.0183. The summed E-state index contributed by atoms with van der Waals surface area (Å²) in [5, 5.41) is 38.8. The van der Waals surface area contributed by atoms with Gasteiger partial charge in [-0.25, -0.2) is 4.57 Å². The molecular weight excluding hydrogens is 1110 g/mol. The third-order valence-electron chi connectivity index (χ3n) is 14.8. The van der Waals surface area contributed by atoms with Gasteiger partial charge in [0.25, 0.3) is 0 Å². The highest BCUT2D eigenvalue weighted by Crippen LogP contribution is 2.43. The van der Waals surface area contributed by atoms with Crippen LogP contribution in [-0.4, -0.2) is 167 Å². The minimum absolute atomic E-state index is 0.0924. The lowest BCUT2D eigenvalue weighted by molar-refractivity contribution is -0.268. The number of nitrogens with one attached hydrogen (secondary N) is 3. The highest BCUT2D eigenvalue weighted by molar-refractivity contribution is 7.47. The highest BCUT2D eigenvalue weighted by atomic mass is 31.2. The SMILES string of the molecule is CCCCCCCCCCCCCCCC(=O)OC[C@H](COP(=O)(O)OCCNC(=O)[C@H](C)N(CC(C)O[C@H]1[C@H](O)[C@@H](CO)O[C@H](O)[C@@H]1NC(C)=O)C(=O)CC[C@@H](NC(=O)[C@H](C)N)C(N)=O)OC(=O)CCCCCCCCCCCCCCC. The molecule has 84 heavy (non-hydrogen) atoms. The summed E-state index contributed by atoms with van der Waals surface area (Å²) in [7, 11) is -4.89. The number of hydrogen-bond donors (Lipinski definition) is 9. The Morgan fingerprint density at radius 2 is 1.17 bits per heavy atom. The number of carbonyl (C=O) groups excluding carboxylic acids is 7. The zero-order valence-electron chi connectivity index (χ0n) is 51.8. The second-order valence-electron chi connectivity index (χ2n) is 22.6. The fraction of sp³-hybridized carbons (Fsp3) is 0.881. The van der Waals surface area contributed by atoms with Crippen LogP contribution in [0.15, 0.2) is 0 Å². The number of nitrogens with two attached hydrogens (primary N) is 2. The van der Waals surface area contributed by atoms with Crippen molar-refractivity contribution in [1.29, 1.82) is 0 Å². The average Bonchev–Trinajstić information content (AvgIpc) is 3.53. The van der Waals surface area contributed by atoms with Crippen LogP contribution >= 0.6 is 7.82 Å². The molecule has 24 nitrogen and oxygen atoms in total. The van der Waals surface area contributed by atoms with E-state index in [1.165, 1.54) is 124 Å².